The summed E-state index contributed by atoms with van der Waals surface area (Å²) in [7, 11) is 0. The van der Waals surface area contributed by atoms with Crippen molar-refractivity contribution < 1.29 is 4.74 Å². The fourth-order valence-corrected chi connectivity index (χ4v) is 2.55. The molecule has 0 saturated carbocycles. The zero-order valence-corrected chi connectivity index (χ0v) is 10.6. The molecule has 1 atom stereocenters. The Hall–Kier alpha value is -1.54. The molecule has 96 valence electrons. The largest absolute Gasteiger partial charge is 0.381 e. The van der Waals surface area contributed by atoms with Crippen molar-refractivity contribution in [3.8, 4) is 0 Å². The highest BCUT2D eigenvalue weighted by Gasteiger charge is 2.20. The summed E-state index contributed by atoms with van der Waals surface area (Å²) in [5.74, 6) is 0.399. The third-order valence-corrected chi connectivity index (χ3v) is 3.75. The molecule has 8 heteroatoms. The molecule has 1 aliphatic heterocycles. The van der Waals surface area contributed by atoms with Crippen molar-refractivity contribution in [3.05, 3.63) is 16.9 Å². The number of rotatable bonds is 4. The number of ether oxygens (including phenoxy) is 1. The first kappa shape index (κ1) is 11.5. The number of hydrogen-bond acceptors (Lipinski definition) is 7. The van der Waals surface area contributed by atoms with E-state index in [1.54, 1.807) is 0 Å². The highest BCUT2D eigenvalue weighted by atomic mass is 32.1. The zero-order chi connectivity index (χ0) is 12.4. The smallest absolute Gasteiger partial charge is 0.203 e. The van der Waals surface area contributed by atoms with Gasteiger partial charge in [-0.25, -0.2) is 0 Å². The minimum absolute atomic E-state index is 0.399. The van der Waals surface area contributed by atoms with E-state index in [2.05, 4.69) is 20.5 Å². The van der Waals surface area contributed by atoms with Crippen molar-refractivity contribution in [1.82, 2.24) is 25.2 Å². The topological polar surface area (TPSA) is 91.7 Å². The van der Waals surface area contributed by atoms with Gasteiger partial charge in [-0.2, -0.15) is 0 Å². The van der Waals surface area contributed by atoms with Gasteiger partial charge in [-0.15, -0.1) is 15.3 Å². The molecule has 0 amide bonds. The lowest BCUT2D eigenvalue weighted by molar-refractivity contribution is 0.193. The molecule has 0 aromatic carbocycles. The lowest BCUT2D eigenvalue weighted by atomic mass is 10.1. The predicted molar refractivity (Wildman–Crippen MR) is 66.2 cm³/mol. The Morgan fingerprint density at radius 3 is 3.11 bits per heavy atom. The van der Waals surface area contributed by atoms with Crippen LogP contribution in [-0.2, 0) is 17.7 Å². The molecule has 1 fully saturated rings. The minimum Gasteiger partial charge on any atom is -0.381 e. The summed E-state index contributed by atoms with van der Waals surface area (Å²) in [4.78, 5) is 0. The maximum Gasteiger partial charge on any atom is 0.203 e. The molecule has 2 aromatic rings. The summed E-state index contributed by atoms with van der Waals surface area (Å²) in [5, 5.41) is 17.5. The van der Waals surface area contributed by atoms with Gasteiger partial charge in [0.1, 0.15) is 5.01 Å². The van der Waals surface area contributed by atoms with Crippen molar-refractivity contribution in [3.63, 3.8) is 0 Å². The molecular weight excluding hydrogens is 252 g/mol. The van der Waals surface area contributed by atoms with Gasteiger partial charge >= 0.3 is 0 Å². The van der Waals surface area contributed by atoms with Crippen molar-refractivity contribution in [2.75, 3.05) is 18.9 Å². The number of nitrogens with two attached hydrogens (primary N) is 1. The Morgan fingerprint density at radius 2 is 2.39 bits per heavy atom. The van der Waals surface area contributed by atoms with E-state index >= 15 is 0 Å². The van der Waals surface area contributed by atoms with Crippen LogP contribution in [0, 0.1) is 0 Å². The number of nitrogens with zero attached hydrogens (tertiary/aromatic N) is 5. The molecule has 0 bridgehead atoms. The van der Waals surface area contributed by atoms with E-state index in [1.165, 1.54) is 11.3 Å². The van der Waals surface area contributed by atoms with Gasteiger partial charge in [-0.3, -0.25) is 4.68 Å². The normalized spacial score (nSPS) is 19.4. The van der Waals surface area contributed by atoms with Crippen molar-refractivity contribution in [2.45, 2.75) is 25.3 Å². The Morgan fingerprint density at radius 1 is 1.44 bits per heavy atom. The van der Waals surface area contributed by atoms with Crippen LogP contribution in [0.25, 0.3) is 0 Å². The second-order valence-corrected chi connectivity index (χ2v) is 5.34. The molecule has 0 radical (unpaired) electrons. The third-order valence-electron chi connectivity index (χ3n) is 2.94. The van der Waals surface area contributed by atoms with Gasteiger partial charge in [0.25, 0.3) is 0 Å². The average molecular weight is 266 g/mol. The standard InChI is InChI=1S/C10H14N6OS/c11-10-14-13-9(18-10)1-3-16-5-8(12-15-16)7-2-4-17-6-7/h5,7H,1-4,6H2,(H2,11,14)/t7-/m0/s1. The van der Waals surface area contributed by atoms with Crippen LogP contribution in [0.1, 0.15) is 23.0 Å². The first-order valence-electron chi connectivity index (χ1n) is 5.87. The Kier molecular flexibility index (Phi) is 3.20. The van der Waals surface area contributed by atoms with E-state index < -0.39 is 0 Å². The van der Waals surface area contributed by atoms with Crippen LogP contribution in [0.4, 0.5) is 5.13 Å². The van der Waals surface area contributed by atoms with E-state index in [4.69, 9.17) is 10.5 Å². The van der Waals surface area contributed by atoms with Crippen LogP contribution in [0.3, 0.4) is 0 Å². The van der Waals surface area contributed by atoms with Crippen LogP contribution < -0.4 is 5.73 Å². The summed E-state index contributed by atoms with van der Waals surface area (Å²) < 4.78 is 7.18. The molecule has 3 heterocycles. The molecule has 7 nitrogen and oxygen atoms in total. The van der Waals surface area contributed by atoms with Gasteiger partial charge in [0.05, 0.1) is 12.3 Å². The van der Waals surface area contributed by atoms with Gasteiger partial charge in [0.2, 0.25) is 5.13 Å². The van der Waals surface area contributed by atoms with E-state index in [9.17, 15) is 0 Å². The van der Waals surface area contributed by atoms with Gasteiger partial charge in [-0.05, 0) is 6.42 Å². The predicted octanol–water partition coefficient (Wildman–Crippen LogP) is 0.458. The van der Waals surface area contributed by atoms with Gasteiger partial charge < -0.3 is 10.5 Å². The van der Waals surface area contributed by atoms with Crippen molar-refractivity contribution in [1.29, 1.82) is 0 Å². The van der Waals surface area contributed by atoms with E-state index in [0.717, 1.165) is 43.3 Å². The van der Waals surface area contributed by atoms with E-state index in [0.29, 0.717) is 11.0 Å². The molecule has 0 spiro atoms. The van der Waals surface area contributed by atoms with Crippen LogP contribution in [0.2, 0.25) is 0 Å². The Labute approximate surface area is 108 Å². The molecule has 0 aliphatic carbocycles. The number of anilines is 1. The van der Waals surface area contributed by atoms with E-state index in [1.807, 2.05) is 10.9 Å². The molecule has 18 heavy (non-hydrogen) atoms. The number of nitrogen functional groups attached to an aromatic ring is 1. The van der Waals surface area contributed by atoms with Gasteiger partial charge in [0, 0.05) is 31.7 Å². The Balaban J connectivity index is 1.59. The molecule has 0 unspecified atom stereocenters. The van der Waals surface area contributed by atoms with Gasteiger partial charge in [0.15, 0.2) is 0 Å². The fourth-order valence-electron chi connectivity index (χ4n) is 1.96. The maximum atomic E-state index is 5.53. The Bertz CT molecular complexity index is 518. The average Bonchev–Trinajstić information content (AvgIpc) is 3.07. The number of hydrogen-bond donors (Lipinski definition) is 1. The molecular formula is C10H14N6OS. The quantitative estimate of drug-likeness (QED) is 0.864. The van der Waals surface area contributed by atoms with Gasteiger partial charge in [-0.1, -0.05) is 16.6 Å². The monoisotopic (exact) mass is 266 g/mol. The number of aryl methyl sites for hydroxylation is 2. The summed E-state index contributed by atoms with van der Waals surface area (Å²) >= 11 is 1.41. The van der Waals surface area contributed by atoms with Crippen molar-refractivity contribution >= 4 is 16.5 Å². The first-order chi connectivity index (χ1) is 8.81. The number of aromatic nitrogens is 5. The zero-order valence-electron chi connectivity index (χ0n) is 9.82. The summed E-state index contributed by atoms with van der Waals surface area (Å²) in [6.07, 6.45) is 3.80. The molecule has 1 aliphatic rings. The third kappa shape index (κ3) is 2.49. The molecule has 2 aromatic heterocycles. The minimum atomic E-state index is 0.399. The van der Waals surface area contributed by atoms with Crippen molar-refractivity contribution in [2.24, 2.45) is 0 Å². The highest BCUT2D eigenvalue weighted by Crippen LogP contribution is 2.22. The summed E-state index contributed by atoms with van der Waals surface area (Å²) in [6, 6.07) is 0. The lowest BCUT2D eigenvalue weighted by Gasteiger charge is -2.00. The maximum absolute atomic E-state index is 5.53. The fraction of sp³-hybridized carbons (Fsp3) is 0.600. The summed E-state index contributed by atoms with van der Waals surface area (Å²) in [5.41, 5.74) is 6.55. The van der Waals surface area contributed by atoms with Crippen LogP contribution in [0.15, 0.2) is 6.20 Å². The molecule has 2 N–H and O–H groups in total. The molecule has 1 saturated heterocycles. The van der Waals surface area contributed by atoms with Crippen LogP contribution >= 0.6 is 11.3 Å². The molecule has 3 rings (SSSR count). The first-order valence-corrected chi connectivity index (χ1v) is 6.68. The lowest BCUT2D eigenvalue weighted by Crippen LogP contribution is -2.02. The van der Waals surface area contributed by atoms with Crippen LogP contribution in [0.5, 0.6) is 0 Å². The van der Waals surface area contributed by atoms with E-state index in [-0.39, 0.29) is 0 Å². The van der Waals surface area contributed by atoms with Crippen LogP contribution in [-0.4, -0.2) is 38.4 Å². The summed E-state index contributed by atoms with van der Waals surface area (Å²) in [6.45, 7) is 2.32. The SMILES string of the molecule is Nc1nnc(CCn2cc([C@H]3CCOC3)nn2)s1. The second kappa shape index (κ2) is 4.99. The highest BCUT2D eigenvalue weighted by molar-refractivity contribution is 7.15. The second-order valence-electron chi connectivity index (χ2n) is 4.25.